The molecule has 40 heavy (non-hydrogen) atoms. The Labute approximate surface area is 254 Å². The van der Waals surface area contributed by atoms with E-state index < -0.39 is 0 Å². The van der Waals surface area contributed by atoms with Gasteiger partial charge >= 0.3 is 0 Å². The van der Waals surface area contributed by atoms with Gasteiger partial charge in [-0.3, -0.25) is 0 Å². The third kappa shape index (κ3) is 12.2. The van der Waals surface area contributed by atoms with Crippen molar-refractivity contribution in [2.45, 2.75) is 154 Å². The molecule has 1 aromatic carbocycles. The van der Waals surface area contributed by atoms with E-state index in [0.717, 1.165) is 33.1 Å². The lowest BCUT2D eigenvalue weighted by atomic mass is 9.94. The summed E-state index contributed by atoms with van der Waals surface area (Å²) < 4.78 is 0. The van der Waals surface area contributed by atoms with Gasteiger partial charge in [0.1, 0.15) is 5.75 Å². The Morgan fingerprint density at radius 1 is 0.650 bits per heavy atom. The SMILES string of the molecule is CCCCCCCCSc1nc(SCCCCCCCC)nc(-c2ccc(O)c(N(C(C)(C)C)C(C)(C)C)c2)n1. The standard InChI is InChI=1S/C33H56N4OS2/c1-9-11-13-15-17-19-23-39-30-34-29(35-31(36-30)40-24-20-18-16-14-12-10-2)26-21-22-28(38)27(25-26)37(32(3,4)5)33(6,7)8/h21-22,25,38H,9-20,23-24H2,1-8H3. The fourth-order valence-corrected chi connectivity index (χ4v) is 6.98. The summed E-state index contributed by atoms with van der Waals surface area (Å²) >= 11 is 3.49. The molecule has 2 aromatic rings. The van der Waals surface area contributed by atoms with E-state index in [9.17, 15) is 5.11 Å². The van der Waals surface area contributed by atoms with Crippen molar-refractivity contribution in [3.63, 3.8) is 0 Å². The fourth-order valence-electron chi connectivity index (χ4n) is 5.26. The summed E-state index contributed by atoms with van der Waals surface area (Å²) in [6, 6.07) is 5.76. The Morgan fingerprint density at radius 3 is 1.55 bits per heavy atom. The summed E-state index contributed by atoms with van der Waals surface area (Å²) in [6.07, 6.45) is 15.4. The summed E-state index contributed by atoms with van der Waals surface area (Å²) in [5, 5.41) is 12.5. The van der Waals surface area contributed by atoms with Crippen molar-refractivity contribution in [2.24, 2.45) is 0 Å². The summed E-state index contributed by atoms with van der Waals surface area (Å²) in [6.45, 7) is 17.6. The van der Waals surface area contributed by atoms with Crippen LogP contribution in [0.15, 0.2) is 28.5 Å². The van der Waals surface area contributed by atoms with Crippen LogP contribution < -0.4 is 4.90 Å². The van der Waals surface area contributed by atoms with E-state index in [0.29, 0.717) is 5.82 Å². The molecule has 1 N–H and O–H groups in total. The number of hydrogen-bond acceptors (Lipinski definition) is 7. The fraction of sp³-hybridized carbons (Fsp3) is 0.727. The summed E-state index contributed by atoms with van der Waals surface area (Å²) in [5.74, 6) is 3.02. The number of benzene rings is 1. The number of thioether (sulfide) groups is 2. The molecule has 2 rings (SSSR count). The summed E-state index contributed by atoms with van der Waals surface area (Å²) in [7, 11) is 0. The highest BCUT2D eigenvalue weighted by Crippen LogP contribution is 2.40. The van der Waals surface area contributed by atoms with Crippen molar-refractivity contribution in [3.05, 3.63) is 18.2 Å². The molecule has 1 heterocycles. The second-order valence-electron chi connectivity index (χ2n) is 12.8. The second kappa shape index (κ2) is 17.5. The van der Waals surface area contributed by atoms with Crippen molar-refractivity contribution >= 4 is 29.2 Å². The second-order valence-corrected chi connectivity index (χ2v) is 15.0. The predicted molar refractivity (Wildman–Crippen MR) is 177 cm³/mol. The first-order chi connectivity index (χ1) is 19.0. The zero-order valence-electron chi connectivity index (χ0n) is 26.7. The molecule has 0 fully saturated rings. The molecule has 0 aliphatic carbocycles. The van der Waals surface area contributed by atoms with Gasteiger partial charge in [-0.05, 0) is 72.6 Å². The molecule has 0 atom stereocenters. The summed E-state index contributed by atoms with van der Waals surface area (Å²) in [4.78, 5) is 17.0. The average Bonchev–Trinajstić information content (AvgIpc) is 2.87. The quantitative estimate of drug-likeness (QED) is 0.137. The highest BCUT2D eigenvalue weighted by molar-refractivity contribution is 7.99. The van der Waals surface area contributed by atoms with Crippen LogP contribution in [0.5, 0.6) is 5.75 Å². The first kappa shape index (κ1) is 34.7. The minimum atomic E-state index is -0.177. The van der Waals surface area contributed by atoms with Crippen molar-refractivity contribution in [1.29, 1.82) is 0 Å². The van der Waals surface area contributed by atoms with Crippen LogP contribution >= 0.6 is 23.5 Å². The van der Waals surface area contributed by atoms with Crippen molar-refractivity contribution in [3.8, 4) is 17.1 Å². The number of phenolic OH excluding ortho intramolecular Hbond substituents is 1. The van der Waals surface area contributed by atoms with Crippen LogP contribution in [0.2, 0.25) is 0 Å². The van der Waals surface area contributed by atoms with E-state index in [-0.39, 0.29) is 16.8 Å². The van der Waals surface area contributed by atoms with Gasteiger partial charge in [-0.1, -0.05) is 102 Å². The monoisotopic (exact) mass is 588 g/mol. The first-order valence-corrected chi connectivity index (χ1v) is 17.6. The van der Waals surface area contributed by atoms with Gasteiger partial charge in [0.15, 0.2) is 16.1 Å². The maximum Gasteiger partial charge on any atom is 0.192 e. The van der Waals surface area contributed by atoms with Crippen LogP contribution in [0.4, 0.5) is 5.69 Å². The highest BCUT2D eigenvalue weighted by Gasteiger charge is 2.33. The minimum Gasteiger partial charge on any atom is -0.506 e. The zero-order chi connectivity index (χ0) is 29.6. The molecule has 0 aliphatic rings. The number of aromatic nitrogens is 3. The average molecular weight is 589 g/mol. The molecular formula is C33H56N4OS2. The predicted octanol–water partition coefficient (Wildman–Crippen LogP) is 10.6. The van der Waals surface area contributed by atoms with Crippen molar-refractivity contribution in [1.82, 2.24) is 15.0 Å². The van der Waals surface area contributed by atoms with Gasteiger partial charge in [-0.2, -0.15) is 4.98 Å². The lowest BCUT2D eigenvalue weighted by molar-refractivity contribution is 0.371. The van der Waals surface area contributed by atoms with Gasteiger partial charge in [0.2, 0.25) is 0 Å². The maximum absolute atomic E-state index is 10.9. The molecule has 0 bridgehead atoms. The largest absolute Gasteiger partial charge is 0.506 e. The molecule has 7 heteroatoms. The van der Waals surface area contributed by atoms with Crippen LogP contribution in [0.1, 0.15) is 132 Å². The third-order valence-corrected chi connectivity index (χ3v) is 8.74. The smallest absolute Gasteiger partial charge is 0.192 e. The van der Waals surface area contributed by atoms with Gasteiger partial charge in [0.25, 0.3) is 0 Å². The van der Waals surface area contributed by atoms with E-state index >= 15 is 0 Å². The number of nitrogens with zero attached hydrogens (tertiary/aromatic N) is 4. The Bertz CT molecular complexity index is 951. The van der Waals surface area contributed by atoms with Crippen molar-refractivity contribution < 1.29 is 5.11 Å². The number of phenols is 1. The molecule has 0 spiro atoms. The molecule has 0 saturated heterocycles. The number of rotatable bonds is 18. The van der Waals surface area contributed by atoms with Gasteiger partial charge in [-0.15, -0.1) is 0 Å². The minimum absolute atomic E-state index is 0.177. The molecule has 0 aliphatic heterocycles. The highest BCUT2D eigenvalue weighted by atomic mass is 32.2. The third-order valence-electron chi connectivity index (χ3n) is 6.87. The lowest BCUT2D eigenvalue weighted by Gasteiger charge is -2.47. The topological polar surface area (TPSA) is 62.1 Å². The van der Waals surface area contributed by atoms with Gasteiger partial charge in [0, 0.05) is 28.1 Å². The molecule has 5 nitrogen and oxygen atoms in total. The van der Waals surface area contributed by atoms with Crippen LogP contribution in [0, 0.1) is 0 Å². The number of anilines is 1. The van der Waals surface area contributed by atoms with Crippen LogP contribution in [0.3, 0.4) is 0 Å². The Hall–Kier alpha value is -1.47. The molecular weight excluding hydrogens is 533 g/mol. The zero-order valence-corrected chi connectivity index (χ0v) is 28.3. The molecule has 0 unspecified atom stereocenters. The molecule has 0 radical (unpaired) electrons. The van der Waals surface area contributed by atoms with E-state index in [1.165, 1.54) is 77.0 Å². The molecule has 0 saturated carbocycles. The molecule has 1 aromatic heterocycles. The van der Waals surface area contributed by atoms with Crippen molar-refractivity contribution in [2.75, 3.05) is 16.4 Å². The normalized spacial score (nSPS) is 12.2. The van der Waals surface area contributed by atoms with E-state index in [1.54, 1.807) is 29.6 Å². The molecule has 0 amide bonds. The van der Waals surface area contributed by atoms with Crippen LogP contribution in [0.25, 0.3) is 11.4 Å². The van der Waals surface area contributed by atoms with Crippen LogP contribution in [-0.4, -0.2) is 42.6 Å². The number of hydrogen-bond donors (Lipinski definition) is 1. The van der Waals surface area contributed by atoms with Crippen LogP contribution in [-0.2, 0) is 0 Å². The molecule has 226 valence electrons. The summed E-state index contributed by atoms with van der Waals surface area (Å²) in [5.41, 5.74) is 1.37. The van der Waals surface area contributed by atoms with E-state index in [2.05, 4.69) is 60.3 Å². The Morgan fingerprint density at radius 2 is 1.10 bits per heavy atom. The maximum atomic E-state index is 10.9. The van der Waals surface area contributed by atoms with Gasteiger partial charge < -0.3 is 10.0 Å². The van der Waals surface area contributed by atoms with Gasteiger partial charge in [-0.25, -0.2) is 9.97 Å². The lowest BCUT2D eigenvalue weighted by Crippen LogP contribution is -2.53. The Balaban J connectivity index is 2.27. The Kier molecular flexibility index (Phi) is 15.2. The number of unbranched alkanes of at least 4 members (excludes halogenated alkanes) is 10. The number of aromatic hydroxyl groups is 1. The van der Waals surface area contributed by atoms with E-state index in [4.69, 9.17) is 15.0 Å². The van der Waals surface area contributed by atoms with Gasteiger partial charge in [0.05, 0.1) is 5.69 Å². The first-order valence-electron chi connectivity index (χ1n) is 15.6. The van der Waals surface area contributed by atoms with E-state index in [1.807, 2.05) is 12.1 Å².